The molecule has 0 saturated carbocycles. The molecule has 4 nitrogen and oxygen atoms in total. The Morgan fingerprint density at radius 2 is 1.65 bits per heavy atom. The molecule has 26 heavy (non-hydrogen) atoms. The van der Waals surface area contributed by atoms with Crippen LogP contribution in [0, 0.1) is 0 Å². The number of hydrogen-bond acceptors (Lipinski definition) is 2. The van der Waals surface area contributed by atoms with Crippen LogP contribution in [-0.4, -0.2) is 35.0 Å². The third kappa shape index (κ3) is 3.16. The molecule has 2 aromatic carbocycles. The van der Waals surface area contributed by atoms with Gasteiger partial charge in [0.25, 0.3) is 5.91 Å². The second kappa shape index (κ2) is 7.18. The maximum absolute atomic E-state index is 13.1. The first-order chi connectivity index (χ1) is 12.7. The number of amides is 1. The van der Waals surface area contributed by atoms with E-state index in [2.05, 4.69) is 29.6 Å². The maximum Gasteiger partial charge on any atom is 0.270 e. The molecule has 1 fully saturated rings. The van der Waals surface area contributed by atoms with Crippen LogP contribution in [-0.2, 0) is 7.05 Å². The van der Waals surface area contributed by atoms with E-state index in [9.17, 15) is 4.79 Å². The van der Waals surface area contributed by atoms with Gasteiger partial charge in [0.2, 0.25) is 0 Å². The lowest BCUT2D eigenvalue weighted by Gasteiger charge is -2.34. The lowest BCUT2D eigenvalue weighted by molar-refractivity contribution is 0.0693. The summed E-state index contributed by atoms with van der Waals surface area (Å²) in [5, 5.41) is 3.52. The molecule has 1 amide bonds. The van der Waals surface area contributed by atoms with Gasteiger partial charge in [-0.2, -0.15) is 0 Å². The van der Waals surface area contributed by atoms with Gasteiger partial charge in [-0.1, -0.05) is 60.7 Å². The van der Waals surface area contributed by atoms with E-state index in [1.165, 1.54) is 5.56 Å². The second-order valence-electron chi connectivity index (χ2n) is 6.70. The molecule has 4 heteroatoms. The topological polar surface area (TPSA) is 37.3 Å². The fourth-order valence-corrected chi connectivity index (χ4v) is 3.63. The number of piperazine rings is 1. The van der Waals surface area contributed by atoms with Crippen LogP contribution in [0.3, 0.4) is 0 Å². The number of aromatic nitrogens is 1. The molecule has 0 radical (unpaired) electrons. The lowest BCUT2D eigenvalue weighted by atomic mass is 10.0. The van der Waals surface area contributed by atoms with Crippen LogP contribution < -0.4 is 5.32 Å². The van der Waals surface area contributed by atoms with Crippen molar-refractivity contribution in [1.29, 1.82) is 0 Å². The van der Waals surface area contributed by atoms with Crippen molar-refractivity contribution in [2.45, 2.75) is 6.04 Å². The number of hydrogen-bond donors (Lipinski definition) is 1. The number of carbonyl (C=O) groups is 1. The van der Waals surface area contributed by atoms with Crippen LogP contribution in [0.1, 0.15) is 22.1 Å². The van der Waals surface area contributed by atoms with Crippen LogP contribution in [0.25, 0.3) is 11.3 Å². The van der Waals surface area contributed by atoms with Crippen molar-refractivity contribution in [2.75, 3.05) is 19.6 Å². The summed E-state index contributed by atoms with van der Waals surface area (Å²) in [6.07, 6.45) is 0. The van der Waals surface area contributed by atoms with Gasteiger partial charge in [0.15, 0.2) is 0 Å². The van der Waals surface area contributed by atoms with Crippen molar-refractivity contribution in [1.82, 2.24) is 14.8 Å². The van der Waals surface area contributed by atoms with Gasteiger partial charge >= 0.3 is 0 Å². The SMILES string of the molecule is Cn1c(C(=O)N2CCNC(c3ccccc3)C2)ccc1-c1ccccc1. The highest BCUT2D eigenvalue weighted by molar-refractivity contribution is 5.94. The van der Waals surface area contributed by atoms with Crippen LogP contribution >= 0.6 is 0 Å². The zero-order valence-corrected chi connectivity index (χ0v) is 14.9. The molecule has 0 bridgehead atoms. The molecule has 1 unspecified atom stereocenters. The molecule has 3 aromatic rings. The third-order valence-electron chi connectivity index (χ3n) is 5.08. The lowest BCUT2D eigenvalue weighted by Crippen LogP contribution is -2.48. The Balaban J connectivity index is 1.55. The molecule has 1 atom stereocenters. The minimum Gasteiger partial charge on any atom is -0.340 e. The highest BCUT2D eigenvalue weighted by Crippen LogP contribution is 2.23. The third-order valence-corrected chi connectivity index (χ3v) is 5.08. The van der Waals surface area contributed by atoms with Gasteiger partial charge in [0.05, 0.1) is 0 Å². The smallest absolute Gasteiger partial charge is 0.270 e. The molecule has 2 heterocycles. The first kappa shape index (κ1) is 16.6. The standard InChI is InChI=1S/C22H23N3O/c1-24-20(18-10-6-3-7-11-18)12-13-21(24)22(26)25-15-14-23-19(16-25)17-8-4-2-5-9-17/h2-13,19,23H,14-16H2,1H3. The minimum absolute atomic E-state index is 0.0945. The van der Waals surface area contributed by atoms with Gasteiger partial charge in [0.1, 0.15) is 5.69 Å². The van der Waals surface area contributed by atoms with Crippen molar-refractivity contribution in [3.8, 4) is 11.3 Å². The van der Waals surface area contributed by atoms with E-state index in [4.69, 9.17) is 0 Å². The summed E-state index contributed by atoms with van der Waals surface area (Å²) in [7, 11) is 1.96. The number of nitrogens with zero attached hydrogens (tertiary/aromatic N) is 2. The summed E-state index contributed by atoms with van der Waals surface area (Å²) in [6.45, 7) is 2.23. The van der Waals surface area contributed by atoms with Gasteiger partial charge in [-0.25, -0.2) is 0 Å². The van der Waals surface area contributed by atoms with Crippen molar-refractivity contribution >= 4 is 5.91 Å². The molecule has 4 rings (SSSR count). The van der Waals surface area contributed by atoms with Crippen molar-refractivity contribution in [2.24, 2.45) is 7.05 Å². The molecule has 1 aromatic heterocycles. The highest BCUT2D eigenvalue weighted by Gasteiger charge is 2.26. The molecule has 1 N–H and O–H groups in total. The second-order valence-corrected chi connectivity index (χ2v) is 6.70. The summed E-state index contributed by atoms with van der Waals surface area (Å²) < 4.78 is 2.00. The average molecular weight is 345 g/mol. The molecule has 1 aliphatic rings. The zero-order chi connectivity index (χ0) is 17.9. The van der Waals surface area contributed by atoms with Crippen molar-refractivity contribution in [3.63, 3.8) is 0 Å². The zero-order valence-electron chi connectivity index (χ0n) is 14.9. The Morgan fingerprint density at radius 1 is 0.962 bits per heavy atom. The van der Waals surface area contributed by atoms with E-state index in [-0.39, 0.29) is 11.9 Å². The van der Waals surface area contributed by atoms with Crippen LogP contribution in [0.15, 0.2) is 72.8 Å². The van der Waals surface area contributed by atoms with E-state index < -0.39 is 0 Å². The normalized spacial score (nSPS) is 17.3. The summed E-state index contributed by atoms with van der Waals surface area (Å²) >= 11 is 0. The molecule has 132 valence electrons. The molecule has 1 aliphatic heterocycles. The summed E-state index contributed by atoms with van der Waals surface area (Å²) in [5.41, 5.74) is 4.14. The largest absolute Gasteiger partial charge is 0.340 e. The van der Waals surface area contributed by atoms with E-state index in [0.717, 1.165) is 30.0 Å². The Hall–Kier alpha value is -2.85. The van der Waals surface area contributed by atoms with Crippen molar-refractivity contribution < 1.29 is 4.79 Å². The van der Waals surface area contributed by atoms with E-state index in [1.807, 2.05) is 65.0 Å². The number of carbonyl (C=O) groups excluding carboxylic acids is 1. The molecular formula is C22H23N3O. The quantitative estimate of drug-likeness (QED) is 0.789. The van der Waals surface area contributed by atoms with Gasteiger partial charge < -0.3 is 14.8 Å². The first-order valence-electron chi connectivity index (χ1n) is 9.03. The number of rotatable bonds is 3. The van der Waals surface area contributed by atoms with Crippen LogP contribution in [0.5, 0.6) is 0 Å². The fraction of sp³-hybridized carbons (Fsp3) is 0.227. The Morgan fingerprint density at radius 3 is 2.38 bits per heavy atom. The predicted molar refractivity (Wildman–Crippen MR) is 104 cm³/mol. The number of nitrogens with one attached hydrogen (secondary N) is 1. The van der Waals surface area contributed by atoms with Gasteiger partial charge in [-0.05, 0) is 23.3 Å². The van der Waals surface area contributed by atoms with Crippen molar-refractivity contribution in [3.05, 3.63) is 84.1 Å². The van der Waals surface area contributed by atoms with Crippen LogP contribution in [0.4, 0.5) is 0 Å². The number of benzene rings is 2. The Bertz CT molecular complexity index is 886. The molecule has 1 saturated heterocycles. The van der Waals surface area contributed by atoms with Crippen LogP contribution in [0.2, 0.25) is 0 Å². The summed E-state index contributed by atoms with van der Waals surface area (Å²) in [4.78, 5) is 15.1. The van der Waals surface area contributed by atoms with E-state index >= 15 is 0 Å². The molecule has 0 aliphatic carbocycles. The van der Waals surface area contributed by atoms with E-state index in [0.29, 0.717) is 6.54 Å². The minimum atomic E-state index is 0.0945. The van der Waals surface area contributed by atoms with E-state index in [1.54, 1.807) is 0 Å². The Labute approximate surface area is 154 Å². The van der Waals surface area contributed by atoms with Gasteiger partial charge in [0, 0.05) is 38.4 Å². The maximum atomic E-state index is 13.1. The highest BCUT2D eigenvalue weighted by atomic mass is 16.2. The van der Waals surface area contributed by atoms with Gasteiger partial charge in [-0.15, -0.1) is 0 Å². The van der Waals surface area contributed by atoms with Gasteiger partial charge in [-0.3, -0.25) is 4.79 Å². The summed E-state index contributed by atoms with van der Waals surface area (Å²) in [5.74, 6) is 0.0945. The summed E-state index contributed by atoms with van der Waals surface area (Å²) in [6, 6.07) is 24.7. The predicted octanol–water partition coefficient (Wildman–Crippen LogP) is 3.48. The first-order valence-corrected chi connectivity index (χ1v) is 9.03. The Kier molecular flexibility index (Phi) is 4.59. The average Bonchev–Trinajstić information content (AvgIpc) is 3.10. The fourth-order valence-electron chi connectivity index (χ4n) is 3.63. The molecule has 0 spiro atoms. The monoisotopic (exact) mass is 345 g/mol. The molecular weight excluding hydrogens is 322 g/mol.